The van der Waals surface area contributed by atoms with Crippen LogP contribution in [0.4, 0.5) is 4.39 Å². The maximum Gasteiger partial charge on any atom is 0.339 e. The minimum Gasteiger partial charge on any atom is -0.493 e. The lowest BCUT2D eigenvalue weighted by Gasteiger charge is -2.06. The Kier molecular flexibility index (Phi) is 2.77. The molecule has 0 bridgehead atoms. The van der Waals surface area contributed by atoms with Crippen LogP contribution in [0.3, 0.4) is 0 Å². The topological polar surface area (TPSA) is 46.5 Å². The normalized spacial score (nSPS) is 9.77. The molecule has 1 rings (SSSR count). The van der Waals surface area contributed by atoms with E-state index in [0.29, 0.717) is 0 Å². The fraction of sp³-hybridized carbons (Fsp3) is 0.125. The SMILES string of the molecule is COc1c(F)cc(S)cc1C(=O)O. The van der Waals surface area contributed by atoms with Crippen LogP contribution in [0, 0.1) is 5.82 Å². The van der Waals surface area contributed by atoms with E-state index in [9.17, 15) is 9.18 Å². The third-order valence-corrected chi connectivity index (χ3v) is 1.72. The highest BCUT2D eigenvalue weighted by molar-refractivity contribution is 7.80. The zero-order valence-corrected chi connectivity index (χ0v) is 7.64. The molecule has 13 heavy (non-hydrogen) atoms. The zero-order chi connectivity index (χ0) is 10.0. The second-order valence-corrected chi connectivity index (χ2v) is 2.83. The van der Waals surface area contributed by atoms with Gasteiger partial charge in [0.05, 0.1) is 7.11 Å². The summed E-state index contributed by atoms with van der Waals surface area (Å²) in [6.45, 7) is 0. The van der Waals surface area contributed by atoms with Gasteiger partial charge >= 0.3 is 5.97 Å². The van der Waals surface area contributed by atoms with Gasteiger partial charge in [0, 0.05) is 4.90 Å². The molecule has 0 aromatic heterocycles. The van der Waals surface area contributed by atoms with Gasteiger partial charge in [-0.2, -0.15) is 0 Å². The van der Waals surface area contributed by atoms with Gasteiger partial charge in [-0.15, -0.1) is 12.6 Å². The minimum absolute atomic E-state index is 0.229. The van der Waals surface area contributed by atoms with Gasteiger partial charge in [-0.1, -0.05) is 0 Å². The number of carbonyl (C=O) groups is 1. The van der Waals surface area contributed by atoms with E-state index in [-0.39, 0.29) is 16.2 Å². The second kappa shape index (κ2) is 3.66. The Morgan fingerprint density at radius 3 is 2.69 bits per heavy atom. The summed E-state index contributed by atoms with van der Waals surface area (Å²) in [5.41, 5.74) is -0.229. The van der Waals surface area contributed by atoms with Gasteiger partial charge in [0.25, 0.3) is 0 Å². The van der Waals surface area contributed by atoms with Crippen LogP contribution in [0.2, 0.25) is 0 Å². The summed E-state index contributed by atoms with van der Waals surface area (Å²) in [5, 5.41) is 8.67. The summed E-state index contributed by atoms with van der Waals surface area (Å²) in [4.78, 5) is 10.9. The minimum atomic E-state index is -1.24. The lowest BCUT2D eigenvalue weighted by molar-refractivity contribution is 0.0692. The second-order valence-electron chi connectivity index (χ2n) is 2.31. The monoisotopic (exact) mass is 202 g/mol. The summed E-state index contributed by atoms with van der Waals surface area (Å²) in [5.74, 6) is -2.25. The molecular weight excluding hydrogens is 195 g/mol. The van der Waals surface area contributed by atoms with Crippen molar-refractivity contribution < 1.29 is 19.0 Å². The highest BCUT2D eigenvalue weighted by atomic mass is 32.1. The predicted molar refractivity (Wildman–Crippen MR) is 47.2 cm³/mol. The zero-order valence-electron chi connectivity index (χ0n) is 6.74. The molecule has 3 nitrogen and oxygen atoms in total. The van der Waals surface area contributed by atoms with Gasteiger partial charge in [-0.3, -0.25) is 0 Å². The number of benzene rings is 1. The molecule has 0 radical (unpaired) electrons. The van der Waals surface area contributed by atoms with Crippen molar-refractivity contribution >= 4 is 18.6 Å². The van der Waals surface area contributed by atoms with Crippen molar-refractivity contribution in [2.24, 2.45) is 0 Å². The molecule has 5 heteroatoms. The first-order chi connectivity index (χ1) is 6.06. The highest BCUT2D eigenvalue weighted by Gasteiger charge is 2.15. The summed E-state index contributed by atoms with van der Waals surface area (Å²) in [7, 11) is 1.21. The molecular formula is C8H7FO3S. The lowest BCUT2D eigenvalue weighted by Crippen LogP contribution is -2.02. The molecule has 1 N–H and O–H groups in total. The standard InChI is InChI=1S/C8H7FO3S/c1-12-7-5(8(10)11)2-4(13)3-6(7)9/h2-3,13H,1H3,(H,10,11). The van der Waals surface area contributed by atoms with Gasteiger partial charge in [-0.05, 0) is 12.1 Å². The fourth-order valence-corrected chi connectivity index (χ4v) is 1.19. The summed E-state index contributed by atoms with van der Waals surface area (Å²) < 4.78 is 17.6. The first-order valence-corrected chi connectivity index (χ1v) is 3.80. The van der Waals surface area contributed by atoms with Gasteiger partial charge in [0.1, 0.15) is 5.56 Å². The number of methoxy groups -OCH3 is 1. The molecule has 1 aromatic rings. The molecule has 0 aliphatic heterocycles. The predicted octanol–water partition coefficient (Wildman–Crippen LogP) is 1.82. The number of aromatic carboxylic acids is 1. The Morgan fingerprint density at radius 2 is 2.23 bits per heavy atom. The van der Waals surface area contributed by atoms with E-state index in [0.717, 1.165) is 6.07 Å². The number of hydrogen-bond acceptors (Lipinski definition) is 3. The van der Waals surface area contributed by atoms with Crippen molar-refractivity contribution in [3.05, 3.63) is 23.5 Å². The van der Waals surface area contributed by atoms with Gasteiger partial charge < -0.3 is 9.84 Å². The Hall–Kier alpha value is -1.23. The van der Waals surface area contributed by atoms with Crippen LogP contribution >= 0.6 is 12.6 Å². The number of carboxylic acids is 1. The Morgan fingerprint density at radius 1 is 1.62 bits per heavy atom. The molecule has 0 amide bonds. The maximum absolute atomic E-state index is 13.0. The number of hydrogen-bond donors (Lipinski definition) is 2. The van der Waals surface area contributed by atoms with Crippen LogP contribution in [0.25, 0.3) is 0 Å². The maximum atomic E-state index is 13.0. The van der Waals surface area contributed by atoms with Gasteiger partial charge in [-0.25, -0.2) is 9.18 Å². The third kappa shape index (κ3) is 1.92. The van der Waals surface area contributed by atoms with E-state index < -0.39 is 11.8 Å². The molecule has 0 saturated heterocycles. The number of thiol groups is 1. The van der Waals surface area contributed by atoms with Crippen molar-refractivity contribution in [3.63, 3.8) is 0 Å². The van der Waals surface area contributed by atoms with Crippen LogP contribution < -0.4 is 4.74 Å². The van der Waals surface area contributed by atoms with Crippen molar-refractivity contribution in [3.8, 4) is 5.75 Å². The smallest absolute Gasteiger partial charge is 0.339 e. The number of rotatable bonds is 2. The number of halogens is 1. The Balaban J connectivity index is 3.38. The third-order valence-electron chi connectivity index (χ3n) is 1.46. The molecule has 1 aromatic carbocycles. The highest BCUT2D eigenvalue weighted by Crippen LogP contribution is 2.25. The molecule has 0 unspecified atom stereocenters. The molecule has 0 spiro atoms. The van der Waals surface area contributed by atoms with E-state index in [1.807, 2.05) is 0 Å². The molecule has 0 saturated carbocycles. The fourth-order valence-electron chi connectivity index (χ4n) is 0.945. The number of carboxylic acid groups (broad SMARTS) is 1. The van der Waals surface area contributed by atoms with E-state index in [2.05, 4.69) is 17.4 Å². The molecule has 0 fully saturated rings. The van der Waals surface area contributed by atoms with E-state index >= 15 is 0 Å². The largest absolute Gasteiger partial charge is 0.493 e. The Labute approximate surface area is 79.6 Å². The van der Waals surface area contributed by atoms with Crippen molar-refractivity contribution in [1.29, 1.82) is 0 Å². The van der Waals surface area contributed by atoms with E-state index in [4.69, 9.17) is 5.11 Å². The van der Waals surface area contributed by atoms with Crippen molar-refractivity contribution in [1.82, 2.24) is 0 Å². The Bertz CT molecular complexity index is 351. The van der Waals surface area contributed by atoms with Crippen LogP contribution in [-0.4, -0.2) is 18.2 Å². The molecule has 0 atom stereocenters. The first-order valence-electron chi connectivity index (χ1n) is 3.36. The van der Waals surface area contributed by atoms with Crippen LogP contribution in [0.15, 0.2) is 17.0 Å². The number of ether oxygens (including phenoxy) is 1. The van der Waals surface area contributed by atoms with E-state index in [1.54, 1.807) is 0 Å². The quantitative estimate of drug-likeness (QED) is 0.719. The van der Waals surface area contributed by atoms with Gasteiger partial charge in [0.15, 0.2) is 11.6 Å². The average Bonchev–Trinajstić information content (AvgIpc) is 2.02. The van der Waals surface area contributed by atoms with Crippen LogP contribution in [-0.2, 0) is 0 Å². The van der Waals surface area contributed by atoms with Crippen molar-refractivity contribution in [2.75, 3.05) is 7.11 Å². The summed E-state index contributed by atoms with van der Waals surface area (Å²) in [6.07, 6.45) is 0. The molecule has 0 heterocycles. The van der Waals surface area contributed by atoms with Gasteiger partial charge in [0.2, 0.25) is 0 Å². The molecule has 70 valence electrons. The molecule has 0 aliphatic carbocycles. The van der Waals surface area contributed by atoms with E-state index in [1.165, 1.54) is 13.2 Å². The molecule has 0 aliphatic rings. The first kappa shape index (κ1) is 9.85. The van der Waals surface area contributed by atoms with Crippen molar-refractivity contribution in [2.45, 2.75) is 4.90 Å². The summed E-state index contributed by atoms with van der Waals surface area (Å²) >= 11 is 3.85. The lowest BCUT2D eigenvalue weighted by atomic mass is 10.2. The average molecular weight is 202 g/mol. The van der Waals surface area contributed by atoms with Crippen LogP contribution in [0.5, 0.6) is 5.75 Å². The van der Waals surface area contributed by atoms with Crippen LogP contribution in [0.1, 0.15) is 10.4 Å². The summed E-state index contributed by atoms with van der Waals surface area (Å²) in [6, 6.07) is 2.32.